The number of hydrogen-bond acceptors (Lipinski definition) is 10. The van der Waals surface area contributed by atoms with Gasteiger partial charge in [-0.3, -0.25) is 34.1 Å². The first-order chi connectivity index (χ1) is 35.5. The lowest BCUT2D eigenvalue weighted by molar-refractivity contribution is -0.158. The van der Waals surface area contributed by atoms with Crippen molar-refractivity contribution in [3.05, 3.63) is 129 Å². The van der Waals surface area contributed by atoms with Crippen LogP contribution >= 0.6 is 23.2 Å². The molecule has 3 heterocycles. The molecule has 3 aliphatic heterocycles. The zero-order valence-electron chi connectivity index (χ0n) is 43.1. The number of nitrogens with zero attached hydrogens (tertiary/aromatic N) is 2. The molecule has 4 aromatic carbocycles. The summed E-state index contributed by atoms with van der Waals surface area (Å²) in [6.45, 7) is 13.8. The highest BCUT2D eigenvalue weighted by Gasteiger charge is 2.53. The Morgan fingerprint density at radius 1 is 0.784 bits per heavy atom. The highest BCUT2D eigenvalue weighted by atomic mass is 35.5. The van der Waals surface area contributed by atoms with Crippen molar-refractivity contribution < 1.29 is 43.0 Å². The normalized spacial score (nSPS) is 20.2. The fourth-order valence-electron chi connectivity index (χ4n) is 10.4. The topological polar surface area (TPSA) is 185 Å². The molecule has 0 spiro atoms. The predicted molar refractivity (Wildman–Crippen MR) is 286 cm³/mol. The molecule has 1 unspecified atom stereocenters. The molecule has 2 saturated heterocycles. The first kappa shape index (κ1) is 55.9. The van der Waals surface area contributed by atoms with Crippen molar-refractivity contribution >= 4 is 70.0 Å². The number of benzene rings is 4. The van der Waals surface area contributed by atoms with Gasteiger partial charge < -0.3 is 40.0 Å². The van der Waals surface area contributed by atoms with E-state index in [1.54, 1.807) is 36.4 Å². The number of likely N-dealkylation sites (tertiary alicyclic amines) is 1. The molecule has 0 aliphatic carbocycles. The summed E-state index contributed by atoms with van der Waals surface area (Å²) in [5, 5.41) is 12.7. The van der Waals surface area contributed by atoms with Crippen LogP contribution in [0.5, 0.6) is 0 Å². The van der Waals surface area contributed by atoms with E-state index in [0.29, 0.717) is 85.2 Å². The third-order valence-corrected chi connectivity index (χ3v) is 14.6. The Balaban J connectivity index is 0.823. The molecule has 4 aromatic rings. The van der Waals surface area contributed by atoms with Crippen LogP contribution in [0.15, 0.2) is 91.0 Å². The van der Waals surface area contributed by atoms with Crippen LogP contribution in [0.1, 0.15) is 123 Å². The molecular formula is C57H70Cl2N6O9. The second-order valence-corrected chi connectivity index (χ2v) is 21.3. The van der Waals surface area contributed by atoms with Gasteiger partial charge in [0.1, 0.15) is 6.04 Å². The number of halogens is 2. The minimum Gasteiger partial charge on any atom is -0.382 e. The number of carbonyl (C=O) groups excluding carboxylic acids is 6. The molecule has 0 radical (unpaired) electrons. The van der Waals surface area contributed by atoms with Crippen LogP contribution in [0.2, 0.25) is 10.0 Å². The van der Waals surface area contributed by atoms with E-state index >= 15 is 4.79 Å². The van der Waals surface area contributed by atoms with Gasteiger partial charge in [0.2, 0.25) is 23.6 Å². The van der Waals surface area contributed by atoms with E-state index in [-0.39, 0.29) is 86.0 Å². The molecule has 0 aromatic heterocycles. The highest BCUT2D eigenvalue weighted by Crippen LogP contribution is 2.53. The van der Waals surface area contributed by atoms with Gasteiger partial charge >= 0.3 is 0 Å². The lowest BCUT2D eigenvalue weighted by Gasteiger charge is -2.53. The maximum Gasteiger partial charge on any atom is 0.255 e. The van der Waals surface area contributed by atoms with Gasteiger partial charge in [0, 0.05) is 82.5 Å². The van der Waals surface area contributed by atoms with E-state index in [0.717, 1.165) is 35.2 Å². The summed E-state index contributed by atoms with van der Waals surface area (Å²) in [6.07, 6.45) is 2.66. The molecule has 6 amide bonds. The fraction of sp³-hybridized carbons (Fsp3) is 0.474. The number of fused-ring (bicyclic) bond motifs is 1. The first-order valence-corrected chi connectivity index (χ1v) is 26.5. The molecule has 3 aliphatic rings. The number of hydrogen-bond donors (Lipinski definition) is 4. The van der Waals surface area contributed by atoms with Crippen molar-refractivity contribution in [1.29, 1.82) is 0 Å². The summed E-state index contributed by atoms with van der Waals surface area (Å²) < 4.78 is 17.0. The highest BCUT2D eigenvalue weighted by molar-refractivity contribution is 6.30. The van der Waals surface area contributed by atoms with Crippen LogP contribution < -0.4 is 21.3 Å². The summed E-state index contributed by atoms with van der Waals surface area (Å²) in [4.78, 5) is 82.9. The molecule has 0 saturated carbocycles. The number of piperidine rings is 2. The predicted octanol–water partition coefficient (Wildman–Crippen LogP) is 9.20. The van der Waals surface area contributed by atoms with Crippen LogP contribution in [0.25, 0.3) is 0 Å². The molecule has 5 atom stereocenters. The van der Waals surface area contributed by atoms with Crippen LogP contribution in [-0.4, -0.2) is 110 Å². The molecule has 17 heteroatoms. The lowest BCUT2D eigenvalue weighted by Crippen LogP contribution is -2.57. The number of anilines is 2. The van der Waals surface area contributed by atoms with Gasteiger partial charge in [0.15, 0.2) is 0 Å². The van der Waals surface area contributed by atoms with Gasteiger partial charge in [0.05, 0.1) is 51.1 Å². The maximum absolute atomic E-state index is 15.2. The van der Waals surface area contributed by atoms with Crippen molar-refractivity contribution in [3.63, 3.8) is 0 Å². The standard InChI is InChI=1S/C57H70Cl2N6O9/c1-36(2)12-21-48(37(3)4)65-52(38-13-17-41(58)18-14-38)45(40-8-6-9-42(59)32-40)33-57(5,56(65)71)34-51(67)62-43-19-15-39(16-20-43)53(68)61-25-27-73-29-31-74-30-28-72-26-24-60-47-11-7-10-44-46(47)35-64(55(44)70)49-22-23-50(66)63-54(49)69/h6-11,13-20,32,36-37,45,48-49,52,60H,12,21-31,33-35H2,1-5H3,(H,61,68)(H,62,67)(H,63,66,69)/t45-,48-,49?,52-,57-/m1/s1. The average molecular weight is 1050 g/mol. The van der Waals surface area contributed by atoms with Crippen molar-refractivity contribution in [3.8, 4) is 0 Å². The molecule has 0 bridgehead atoms. The number of amides is 6. The van der Waals surface area contributed by atoms with Crippen LogP contribution in [0.3, 0.4) is 0 Å². The second-order valence-electron chi connectivity index (χ2n) is 20.5. The van der Waals surface area contributed by atoms with Crippen molar-refractivity contribution in [2.24, 2.45) is 17.3 Å². The van der Waals surface area contributed by atoms with E-state index in [2.05, 4.69) is 59.9 Å². The van der Waals surface area contributed by atoms with E-state index in [1.165, 1.54) is 4.90 Å². The Kier molecular flexibility index (Phi) is 19.7. The molecule has 2 fully saturated rings. The van der Waals surface area contributed by atoms with E-state index in [1.807, 2.05) is 55.5 Å². The van der Waals surface area contributed by atoms with Gasteiger partial charge in [0.25, 0.3) is 11.8 Å². The van der Waals surface area contributed by atoms with Gasteiger partial charge in [-0.05, 0) is 109 Å². The number of nitrogens with one attached hydrogen (secondary N) is 4. The molecular weight excluding hydrogens is 984 g/mol. The molecule has 74 heavy (non-hydrogen) atoms. The minimum atomic E-state index is -1.04. The zero-order valence-corrected chi connectivity index (χ0v) is 44.6. The van der Waals surface area contributed by atoms with E-state index in [4.69, 9.17) is 37.4 Å². The van der Waals surface area contributed by atoms with Gasteiger partial charge in [-0.25, -0.2) is 0 Å². The van der Waals surface area contributed by atoms with Crippen LogP contribution in [-0.2, 0) is 39.9 Å². The summed E-state index contributed by atoms with van der Waals surface area (Å²) in [5.74, 6) is -1.19. The van der Waals surface area contributed by atoms with Crippen molar-refractivity contribution in [1.82, 2.24) is 20.4 Å². The lowest BCUT2D eigenvalue weighted by atomic mass is 9.66. The smallest absolute Gasteiger partial charge is 0.255 e. The molecule has 4 N–H and O–H groups in total. The Bertz CT molecular complexity index is 2610. The first-order valence-electron chi connectivity index (χ1n) is 25.8. The van der Waals surface area contributed by atoms with Gasteiger partial charge in [-0.2, -0.15) is 0 Å². The van der Waals surface area contributed by atoms with E-state index in [9.17, 15) is 24.0 Å². The summed E-state index contributed by atoms with van der Waals surface area (Å²) in [6, 6.07) is 26.6. The summed E-state index contributed by atoms with van der Waals surface area (Å²) >= 11 is 13.0. The van der Waals surface area contributed by atoms with Crippen molar-refractivity contribution in [2.75, 3.05) is 63.4 Å². The van der Waals surface area contributed by atoms with Gasteiger partial charge in [-0.1, -0.05) is 88.2 Å². The van der Waals surface area contributed by atoms with Crippen LogP contribution in [0.4, 0.5) is 11.4 Å². The molecule has 15 nitrogen and oxygen atoms in total. The zero-order chi connectivity index (χ0) is 52.9. The number of carbonyl (C=O) groups is 6. The minimum absolute atomic E-state index is 0.0407. The van der Waals surface area contributed by atoms with Gasteiger partial charge in [-0.15, -0.1) is 0 Å². The third-order valence-electron chi connectivity index (χ3n) is 14.2. The number of imide groups is 1. The Morgan fingerprint density at radius 3 is 2.12 bits per heavy atom. The maximum atomic E-state index is 15.2. The third kappa shape index (κ3) is 14.3. The Labute approximate surface area is 444 Å². The summed E-state index contributed by atoms with van der Waals surface area (Å²) in [5.41, 5.74) is 4.03. The molecule has 396 valence electrons. The summed E-state index contributed by atoms with van der Waals surface area (Å²) in [7, 11) is 0. The number of rotatable bonds is 25. The largest absolute Gasteiger partial charge is 0.382 e. The second kappa shape index (κ2) is 26.1. The Morgan fingerprint density at radius 2 is 1.46 bits per heavy atom. The monoisotopic (exact) mass is 1050 g/mol. The molecule has 7 rings (SSSR count). The van der Waals surface area contributed by atoms with Crippen molar-refractivity contribution in [2.45, 2.75) is 104 Å². The Hall–Kier alpha value is -5.84. The van der Waals surface area contributed by atoms with Crippen LogP contribution in [0, 0.1) is 17.3 Å². The van der Waals surface area contributed by atoms with E-state index < -0.39 is 17.4 Å². The number of ether oxygens (including phenoxy) is 3. The quantitative estimate of drug-likeness (QED) is 0.0369. The fourth-order valence-corrected chi connectivity index (χ4v) is 10.7. The average Bonchev–Trinajstić information content (AvgIpc) is 3.70. The SMILES string of the molecule is CC(C)CC[C@H](C(C)C)N1C(=O)[C@@](C)(CC(=O)Nc2ccc(C(=O)NCCOCCOCCOCCNc3cccc4c3CN(C3CCC(=O)NC3=O)C4=O)cc2)C[C@H](c2cccc(Cl)c2)[C@H]1c1ccc(Cl)cc1.